The van der Waals surface area contributed by atoms with Crippen molar-refractivity contribution in [3.05, 3.63) is 28.8 Å². The minimum Gasteiger partial charge on any atom is -0.229 e. The van der Waals surface area contributed by atoms with E-state index in [-0.39, 0.29) is 22.0 Å². The highest BCUT2D eigenvalue weighted by molar-refractivity contribution is 7.90. The summed E-state index contributed by atoms with van der Waals surface area (Å²) in [7, 11) is -7.70. The number of primary sulfonamides is 1. The van der Waals surface area contributed by atoms with Gasteiger partial charge in [-0.2, -0.15) is 5.26 Å². The Labute approximate surface area is 116 Å². The number of hydrogen-bond acceptors (Lipinski definition) is 5. The molecule has 0 aliphatic carbocycles. The number of nitrogens with zero attached hydrogens (tertiary/aromatic N) is 1. The molecule has 0 radical (unpaired) electrons. The number of benzene rings is 1. The predicted molar refractivity (Wildman–Crippen MR) is 69.3 cm³/mol. The minimum absolute atomic E-state index is 0.123. The van der Waals surface area contributed by atoms with Crippen LogP contribution < -0.4 is 9.86 Å². The summed E-state index contributed by atoms with van der Waals surface area (Å²) < 4.78 is 47.1. The molecule has 1 aromatic carbocycles. The van der Waals surface area contributed by atoms with E-state index in [1.165, 1.54) is 18.2 Å². The number of sulfonamides is 2. The normalized spacial score (nSPS) is 12.1. The van der Waals surface area contributed by atoms with Crippen LogP contribution >= 0.6 is 11.6 Å². The summed E-state index contributed by atoms with van der Waals surface area (Å²) in [5, 5.41) is 13.3. The minimum atomic E-state index is -3.95. The lowest BCUT2D eigenvalue weighted by Gasteiger charge is -2.07. The van der Waals surface area contributed by atoms with Crippen molar-refractivity contribution in [1.82, 2.24) is 4.72 Å². The van der Waals surface area contributed by atoms with Crippen LogP contribution in [0.3, 0.4) is 0 Å². The average Bonchev–Trinajstić information content (AvgIpc) is 2.26. The third-order valence-corrected chi connectivity index (χ3v) is 4.75. The van der Waals surface area contributed by atoms with Crippen molar-refractivity contribution in [2.75, 3.05) is 12.3 Å². The zero-order chi connectivity index (χ0) is 14.7. The summed E-state index contributed by atoms with van der Waals surface area (Å²) in [5.41, 5.74) is 0.216. The Kier molecular flexibility index (Phi) is 4.89. The van der Waals surface area contributed by atoms with Gasteiger partial charge in [0.05, 0.1) is 22.4 Å². The molecule has 19 heavy (non-hydrogen) atoms. The van der Waals surface area contributed by atoms with E-state index < -0.39 is 25.8 Å². The summed E-state index contributed by atoms with van der Waals surface area (Å²) >= 11 is 5.75. The molecule has 0 aliphatic rings. The molecule has 0 aliphatic heterocycles. The quantitative estimate of drug-likeness (QED) is 0.773. The van der Waals surface area contributed by atoms with Gasteiger partial charge >= 0.3 is 0 Å². The molecule has 10 heteroatoms. The van der Waals surface area contributed by atoms with Gasteiger partial charge in [0.2, 0.25) is 20.0 Å². The van der Waals surface area contributed by atoms with Gasteiger partial charge in [-0.15, -0.1) is 0 Å². The van der Waals surface area contributed by atoms with Gasteiger partial charge in [-0.3, -0.25) is 0 Å². The van der Waals surface area contributed by atoms with Crippen molar-refractivity contribution in [2.45, 2.75) is 4.90 Å². The van der Waals surface area contributed by atoms with Crippen molar-refractivity contribution in [3.63, 3.8) is 0 Å². The van der Waals surface area contributed by atoms with E-state index in [0.717, 1.165) is 0 Å². The maximum absolute atomic E-state index is 11.8. The van der Waals surface area contributed by atoms with E-state index in [9.17, 15) is 16.8 Å². The molecule has 0 heterocycles. The van der Waals surface area contributed by atoms with Crippen LogP contribution in [0.25, 0.3) is 0 Å². The fourth-order valence-electron chi connectivity index (χ4n) is 1.18. The second-order valence-corrected chi connectivity index (χ2v) is 7.40. The molecule has 0 bridgehead atoms. The van der Waals surface area contributed by atoms with Gasteiger partial charge < -0.3 is 0 Å². The average molecular weight is 324 g/mol. The first-order valence-corrected chi connectivity index (χ1v) is 8.43. The fraction of sp³-hybridized carbons (Fsp3) is 0.222. The first kappa shape index (κ1) is 15.9. The van der Waals surface area contributed by atoms with Gasteiger partial charge in [0.1, 0.15) is 4.90 Å². The van der Waals surface area contributed by atoms with E-state index >= 15 is 0 Å². The Hall–Kier alpha value is -1.18. The highest BCUT2D eigenvalue weighted by atomic mass is 35.5. The first-order valence-electron chi connectivity index (χ1n) is 4.85. The Balaban J connectivity index is 2.93. The predicted octanol–water partition coefficient (Wildman–Crippen LogP) is -0.222. The van der Waals surface area contributed by atoms with Gasteiger partial charge in [0, 0.05) is 6.54 Å². The third-order valence-electron chi connectivity index (χ3n) is 2.03. The van der Waals surface area contributed by atoms with Crippen LogP contribution in [0.2, 0.25) is 5.02 Å². The molecule has 0 spiro atoms. The van der Waals surface area contributed by atoms with E-state index in [1.54, 1.807) is 0 Å². The molecule has 0 unspecified atom stereocenters. The van der Waals surface area contributed by atoms with Gasteiger partial charge in [-0.05, 0) is 18.2 Å². The lowest BCUT2D eigenvalue weighted by molar-refractivity contribution is 0.581. The number of rotatable bonds is 5. The number of nitrogens with two attached hydrogens (primary N) is 1. The molecular formula is C9H10ClN3O4S2. The molecule has 104 valence electrons. The number of halogens is 1. The van der Waals surface area contributed by atoms with Crippen molar-refractivity contribution >= 4 is 31.6 Å². The summed E-state index contributed by atoms with van der Waals surface area (Å²) in [4.78, 5) is -0.234. The molecule has 7 nitrogen and oxygen atoms in total. The smallest absolute Gasteiger partial charge is 0.229 e. The van der Waals surface area contributed by atoms with Crippen molar-refractivity contribution in [2.24, 2.45) is 5.14 Å². The molecule has 0 aromatic heterocycles. The zero-order valence-corrected chi connectivity index (χ0v) is 11.9. The molecule has 0 fully saturated rings. The topological polar surface area (TPSA) is 130 Å². The number of hydrogen-bond donors (Lipinski definition) is 2. The summed E-state index contributed by atoms with van der Waals surface area (Å²) in [6.07, 6.45) is 0. The molecule has 1 rings (SSSR count). The van der Waals surface area contributed by atoms with Gasteiger partial charge in [0.15, 0.2) is 0 Å². The summed E-state index contributed by atoms with van der Waals surface area (Å²) in [5.74, 6) is -0.528. The standard InChI is InChI=1S/C9H10ClN3O4S2/c10-8-5-7(6-11)1-2-9(8)19(16,17)13-3-4-18(12,14)15/h1-2,5,13H,3-4H2,(H2,12,14,15). The Bertz CT molecular complexity index is 722. The second kappa shape index (κ2) is 5.85. The van der Waals surface area contributed by atoms with Crippen LogP contribution in [0.5, 0.6) is 0 Å². The maximum atomic E-state index is 11.8. The van der Waals surface area contributed by atoms with Crippen LogP contribution in [0.4, 0.5) is 0 Å². The summed E-state index contributed by atoms with van der Waals surface area (Å²) in [6.45, 7) is -0.364. The Morgan fingerprint density at radius 2 is 1.95 bits per heavy atom. The maximum Gasteiger partial charge on any atom is 0.242 e. The second-order valence-electron chi connectivity index (χ2n) is 3.52. The number of nitriles is 1. The summed E-state index contributed by atoms with van der Waals surface area (Å²) in [6, 6.07) is 5.48. The van der Waals surface area contributed by atoms with Crippen LogP contribution in [0, 0.1) is 11.3 Å². The van der Waals surface area contributed by atoms with Crippen molar-refractivity contribution in [1.29, 1.82) is 5.26 Å². The van der Waals surface area contributed by atoms with Crippen LogP contribution in [-0.2, 0) is 20.0 Å². The molecule has 3 N–H and O–H groups in total. The van der Waals surface area contributed by atoms with E-state index in [4.69, 9.17) is 22.0 Å². The van der Waals surface area contributed by atoms with Gasteiger partial charge in [-0.1, -0.05) is 11.6 Å². The van der Waals surface area contributed by atoms with E-state index in [1.807, 2.05) is 6.07 Å². The monoisotopic (exact) mass is 323 g/mol. The molecule has 1 aromatic rings. The van der Waals surface area contributed by atoms with E-state index in [2.05, 4.69) is 4.72 Å². The highest BCUT2D eigenvalue weighted by Gasteiger charge is 2.18. The van der Waals surface area contributed by atoms with Crippen LogP contribution in [0.1, 0.15) is 5.56 Å². The molecular weight excluding hydrogens is 314 g/mol. The van der Waals surface area contributed by atoms with Crippen LogP contribution in [0.15, 0.2) is 23.1 Å². The zero-order valence-electron chi connectivity index (χ0n) is 9.50. The number of nitrogens with one attached hydrogen (secondary N) is 1. The van der Waals surface area contributed by atoms with Crippen molar-refractivity contribution in [3.8, 4) is 6.07 Å². The molecule has 0 amide bonds. The van der Waals surface area contributed by atoms with Crippen molar-refractivity contribution < 1.29 is 16.8 Å². The van der Waals surface area contributed by atoms with Gasteiger partial charge in [0.25, 0.3) is 0 Å². The van der Waals surface area contributed by atoms with Crippen LogP contribution in [-0.4, -0.2) is 29.1 Å². The lowest BCUT2D eigenvalue weighted by Crippen LogP contribution is -2.31. The lowest BCUT2D eigenvalue weighted by atomic mass is 10.2. The SMILES string of the molecule is N#Cc1ccc(S(=O)(=O)NCCS(N)(=O)=O)c(Cl)c1. The Morgan fingerprint density at radius 3 is 2.42 bits per heavy atom. The first-order chi connectivity index (χ1) is 8.65. The Morgan fingerprint density at radius 1 is 1.32 bits per heavy atom. The highest BCUT2D eigenvalue weighted by Crippen LogP contribution is 2.22. The largest absolute Gasteiger partial charge is 0.242 e. The molecule has 0 saturated heterocycles. The van der Waals surface area contributed by atoms with E-state index in [0.29, 0.717) is 0 Å². The third kappa shape index (κ3) is 4.77. The molecule has 0 atom stereocenters. The fourth-order valence-corrected chi connectivity index (χ4v) is 3.27. The molecule has 0 saturated carbocycles. The van der Waals surface area contributed by atoms with Gasteiger partial charge in [-0.25, -0.2) is 26.7 Å².